The zero-order valence-corrected chi connectivity index (χ0v) is 15.6. The highest BCUT2D eigenvalue weighted by Gasteiger charge is 2.09. The van der Waals surface area contributed by atoms with Crippen LogP contribution in [-0.4, -0.2) is 5.84 Å². The molecule has 0 atom stereocenters. The maximum Gasteiger partial charge on any atom is 0.135 e. The molecule has 0 aliphatic carbocycles. The topological polar surface area (TPSA) is 118 Å². The number of amidine groups is 1. The number of benzene rings is 3. The van der Waals surface area contributed by atoms with Crippen LogP contribution < -0.4 is 20.9 Å². The SMILES string of the molecule is N#C/C(C(=N)N)=C(/N)c1ccc(Oc2cccc(OCc3ccccc3)c2)cc1. The van der Waals surface area contributed by atoms with E-state index in [0.717, 1.165) is 5.56 Å². The molecule has 0 heterocycles. The first-order valence-corrected chi connectivity index (χ1v) is 8.86. The van der Waals surface area contributed by atoms with Gasteiger partial charge in [0.25, 0.3) is 0 Å². The van der Waals surface area contributed by atoms with Crippen LogP contribution in [0.4, 0.5) is 0 Å². The second kappa shape index (κ2) is 9.11. The van der Waals surface area contributed by atoms with Gasteiger partial charge >= 0.3 is 0 Å². The van der Waals surface area contributed by atoms with E-state index in [1.54, 1.807) is 24.3 Å². The van der Waals surface area contributed by atoms with Crippen molar-refractivity contribution in [3.05, 3.63) is 95.6 Å². The Bertz CT molecular complexity index is 1070. The minimum atomic E-state index is -0.363. The molecule has 0 amide bonds. The van der Waals surface area contributed by atoms with Crippen LogP contribution in [0.3, 0.4) is 0 Å². The van der Waals surface area contributed by atoms with Gasteiger partial charge in [-0.1, -0.05) is 36.4 Å². The maximum absolute atomic E-state index is 9.07. The number of ether oxygens (including phenoxy) is 2. The molecule has 3 aromatic carbocycles. The fraction of sp³-hybridized carbons (Fsp3) is 0.0435. The van der Waals surface area contributed by atoms with Gasteiger partial charge in [-0.3, -0.25) is 5.41 Å². The number of nitrogens with one attached hydrogen (secondary N) is 1. The van der Waals surface area contributed by atoms with Gasteiger partial charge in [-0.2, -0.15) is 5.26 Å². The first kappa shape index (κ1) is 19.5. The minimum Gasteiger partial charge on any atom is -0.489 e. The van der Waals surface area contributed by atoms with E-state index in [2.05, 4.69) is 0 Å². The van der Waals surface area contributed by atoms with E-state index >= 15 is 0 Å². The summed E-state index contributed by atoms with van der Waals surface area (Å²) < 4.78 is 11.7. The van der Waals surface area contributed by atoms with E-state index < -0.39 is 0 Å². The molecule has 0 aliphatic rings. The molecule has 0 unspecified atom stereocenters. The Kier molecular flexibility index (Phi) is 6.13. The lowest BCUT2D eigenvalue weighted by Crippen LogP contribution is -2.16. The van der Waals surface area contributed by atoms with Crippen molar-refractivity contribution in [3.63, 3.8) is 0 Å². The molecule has 0 aliphatic heterocycles. The highest BCUT2D eigenvalue weighted by atomic mass is 16.5. The molecule has 6 nitrogen and oxygen atoms in total. The van der Waals surface area contributed by atoms with Crippen LogP contribution in [0.2, 0.25) is 0 Å². The lowest BCUT2D eigenvalue weighted by atomic mass is 10.1. The Morgan fingerprint density at radius 2 is 1.55 bits per heavy atom. The lowest BCUT2D eigenvalue weighted by molar-refractivity contribution is 0.304. The van der Waals surface area contributed by atoms with Crippen molar-refractivity contribution in [2.45, 2.75) is 6.61 Å². The molecule has 0 fully saturated rings. The molecule has 0 aromatic heterocycles. The van der Waals surface area contributed by atoms with Gasteiger partial charge < -0.3 is 20.9 Å². The van der Waals surface area contributed by atoms with Gasteiger partial charge in [-0.05, 0) is 47.5 Å². The van der Waals surface area contributed by atoms with Crippen LogP contribution in [0.1, 0.15) is 11.1 Å². The second-order valence-electron chi connectivity index (χ2n) is 6.19. The van der Waals surface area contributed by atoms with Gasteiger partial charge in [0.15, 0.2) is 0 Å². The van der Waals surface area contributed by atoms with Crippen molar-refractivity contribution < 1.29 is 9.47 Å². The number of rotatable bonds is 7. The van der Waals surface area contributed by atoms with E-state index in [0.29, 0.717) is 29.4 Å². The smallest absolute Gasteiger partial charge is 0.135 e. The number of nitriles is 1. The molecule has 0 spiro atoms. The van der Waals surface area contributed by atoms with Crippen LogP contribution >= 0.6 is 0 Å². The molecule has 0 saturated heterocycles. The van der Waals surface area contributed by atoms with E-state index in [9.17, 15) is 0 Å². The highest BCUT2D eigenvalue weighted by Crippen LogP contribution is 2.27. The third-order valence-corrected chi connectivity index (χ3v) is 4.11. The van der Waals surface area contributed by atoms with Crippen LogP contribution in [0, 0.1) is 16.7 Å². The summed E-state index contributed by atoms with van der Waals surface area (Å²) in [7, 11) is 0. The molecule has 0 saturated carbocycles. The summed E-state index contributed by atoms with van der Waals surface area (Å²) in [6.45, 7) is 0.474. The van der Waals surface area contributed by atoms with Crippen molar-refractivity contribution in [2.75, 3.05) is 0 Å². The Balaban J connectivity index is 1.69. The van der Waals surface area contributed by atoms with Crippen molar-refractivity contribution in [3.8, 4) is 23.3 Å². The fourth-order valence-corrected chi connectivity index (χ4v) is 2.62. The monoisotopic (exact) mass is 384 g/mol. The van der Waals surface area contributed by atoms with Gasteiger partial charge in [0.1, 0.15) is 41.3 Å². The Morgan fingerprint density at radius 3 is 2.21 bits per heavy atom. The van der Waals surface area contributed by atoms with Crippen LogP contribution in [0.25, 0.3) is 5.70 Å². The first-order valence-electron chi connectivity index (χ1n) is 8.86. The molecule has 3 aromatic rings. The normalized spacial score (nSPS) is 11.1. The highest BCUT2D eigenvalue weighted by molar-refractivity contribution is 6.05. The summed E-state index contributed by atoms with van der Waals surface area (Å²) in [5.74, 6) is 1.57. The van der Waals surface area contributed by atoms with Crippen molar-refractivity contribution in [1.82, 2.24) is 0 Å². The molecular formula is C23H20N4O2. The predicted molar refractivity (Wildman–Crippen MR) is 112 cm³/mol. The third-order valence-electron chi connectivity index (χ3n) is 4.11. The van der Waals surface area contributed by atoms with E-state index in [1.165, 1.54) is 0 Å². The number of hydrogen-bond donors (Lipinski definition) is 3. The van der Waals surface area contributed by atoms with Gasteiger partial charge in [-0.15, -0.1) is 0 Å². The van der Waals surface area contributed by atoms with E-state index in [4.69, 9.17) is 31.6 Å². The largest absolute Gasteiger partial charge is 0.489 e. The number of nitrogens with two attached hydrogens (primary N) is 2. The number of hydrogen-bond acceptors (Lipinski definition) is 5. The molecular weight excluding hydrogens is 364 g/mol. The van der Waals surface area contributed by atoms with Crippen LogP contribution in [0.15, 0.2) is 84.4 Å². The number of nitrogens with zero attached hydrogens (tertiary/aromatic N) is 1. The molecule has 5 N–H and O–H groups in total. The van der Waals surface area contributed by atoms with Crippen molar-refractivity contribution in [1.29, 1.82) is 10.7 Å². The summed E-state index contributed by atoms with van der Waals surface area (Å²) in [6.07, 6.45) is 0. The zero-order chi connectivity index (χ0) is 20.6. The van der Waals surface area contributed by atoms with Gasteiger partial charge in [0.05, 0.1) is 5.70 Å². The molecule has 29 heavy (non-hydrogen) atoms. The van der Waals surface area contributed by atoms with Gasteiger partial charge in [-0.25, -0.2) is 0 Å². The Hall–Kier alpha value is -4.24. The van der Waals surface area contributed by atoms with Gasteiger partial charge in [0, 0.05) is 6.07 Å². The van der Waals surface area contributed by atoms with Crippen LogP contribution in [-0.2, 0) is 6.61 Å². The van der Waals surface area contributed by atoms with Crippen molar-refractivity contribution in [2.24, 2.45) is 11.5 Å². The third kappa shape index (κ3) is 5.15. The summed E-state index contributed by atoms with van der Waals surface area (Å²) in [4.78, 5) is 0. The average Bonchev–Trinajstić information content (AvgIpc) is 2.74. The lowest BCUT2D eigenvalue weighted by Gasteiger charge is -2.10. The summed E-state index contributed by atoms with van der Waals surface area (Å²) >= 11 is 0. The van der Waals surface area contributed by atoms with Crippen LogP contribution in [0.5, 0.6) is 17.2 Å². The molecule has 0 radical (unpaired) electrons. The summed E-state index contributed by atoms with van der Waals surface area (Å²) in [5.41, 5.74) is 13.1. The first-order chi connectivity index (χ1) is 14.1. The average molecular weight is 384 g/mol. The minimum absolute atomic E-state index is 0.0538. The fourth-order valence-electron chi connectivity index (χ4n) is 2.62. The summed E-state index contributed by atoms with van der Waals surface area (Å²) in [5, 5.41) is 16.5. The van der Waals surface area contributed by atoms with Crippen molar-refractivity contribution >= 4 is 11.5 Å². The van der Waals surface area contributed by atoms with E-state index in [1.807, 2.05) is 60.7 Å². The predicted octanol–water partition coefficient (Wildman–Crippen LogP) is 4.19. The molecule has 0 bridgehead atoms. The van der Waals surface area contributed by atoms with Gasteiger partial charge in [0.2, 0.25) is 0 Å². The van der Waals surface area contributed by atoms with E-state index in [-0.39, 0.29) is 17.1 Å². The maximum atomic E-state index is 9.07. The standard InChI is InChI=1S/C23H20N4O2/c24-14-21(23(26)27)22(25)17-9-11-18(12-10-17)29-20-8-4-7-19(13-20)28-15-16-5-2-1-3-6-16/h1-13H,15,25H2,(H3,26,27)/b22-21-. The molecule has 144 valence electrons. The Labute approximate surface area is 169 Å². The second-order valence-corrected chi connectivity index (χ2v) is 6.19. The summed E-state index contributed by atoms with van der Waals surface area (Å²) in [6, 6.07) is 26.0. The molecule has 3 rings (SSSR count). The quantitative estimate of drug-likeness (QED) is 0.321. The zero-order valence-electron chi connectivity index (χ0n) is 15.6. The Morgan fingerprint density at radius 1 is 0.862 bits per heavy atom. The molecule has 6 heteroatoms.